The van der Waals surface area contributed by atoms with E-state index in [4.69, 9.17) is 14.2 Å². The monoisotopic (exact) mass is 615 g/mol. The number of carbonyl (C=O) groups excluding carboxylic acids is 3. The smallest absolute Gasteiger partial charge is 0.339 e. The summed E-state index contributed by atoms with van der Waals surface area (Å²) in [5.74, 6) is -3.21. The second kappa shape index (κ2) is 12.8. The van der Waals surface area contributed by atoms with E-state index in [1.54, 1.807) is 0 Å². The minimum atomic E-state index is -1.10. The van der Waals surface area contributed by atoms with E-state index in [9.17, 15) is 44.7 Å². The maximum atomic E-state index is 13.7. The molecule has 0 saturated heterocycles. The van der Waals surface area contributed by atoms with E-state index in [0.717, 1.165) is 57.7 Å². The van der Waals surface area contributed by atoms with Crippen molar-refractivity contribution in [3.05, 3.63) is 120 Å². The first-order valence-electron chi connectivity index (χ1n) is 12.7. The molecule has 0 N–H and O–H groups in total. The molecule has 4 rings (SSSR count). The Labute approximate surface area is 253 Å². The van der Waals surface area contributed by atoms with Crippen molar-refractivity contribution >= 4 is 35.0 Å². The summed E-state index contributed by atoms with van der Waals surface area (Å²) in [7, 11) is 3.12. The number of benzene rings is 4. The Bertz CT molecular complexity index is 1870. The van der Waals surface area contributed by atoms with Crippen molar-refractivity contribution in [2.45, 2.75) is 0 Å². The number of esters is 3. The molecule has 15 heteroatoms. The maximum Gasteiger partial charge on any atom is 0.339 e. The van der Waals surface area contributed by atoms with E-state index in [2.05, 4.69) is 0 Å². The molecule has 0 aliphatic heterocycles. The Morgan fingerprint density at radius 3 is 0.978 bits per heavy atom. The second-order valence-electron chi connectivity index (χ2n) is 9.14. The molecule has 0 spiro atoms. The van der Waals surface area contributed by atoms with Crippen molar-refractivity contribution in [2.24, 2.45) is 0 Å². The van der Waals surface area contributed by atoms with Gasteiger partial charge in [-0.1, -0.05) is 0 Å². The fourth-order valence-electron chi connectivity index (χ4n) is 4.78. The molecule has 228 valence electrons. The molecule has 0 radical (unpaired) electrons. The lowest BCUT2D eigenvalue weighted by atomic mass is 9.79. The molecule has 0 aliphatic rings. The van der Waals surface area contributed by atoms with Crippen LogP contribution >= 0.6 is 0 Å². The zero-order chi connectivity index (χ0) is 33.0. The van der Waals surface area contributed by atoms with Gasteiger partial charge in [0.1, 0.15) is 0 Å². The van der Waals surface area contributed by atoms with Crippen LogP contribution in [0.25, 0.3) is 33.4 Å². The van der Waals surface area contributed by atoms with Crippen LogP contribution in [-0.2, 0) is 14.2 Å². The molecule has 0 fully saturated rings. The zero-order valence-corrected chi connectivity index (χ0v) is 23.7. The molecular formula is C30H21N3O12. The Hall–Kier alpha value is -6.51. The summed E-state index contributed by atoms with van der Waals surface area (Å²) in [5.41, 5.74) is -2.23. The Morgan fingerprint density at radius 1 is 0.444 bits per heavy atom. The molecule has 0 aliphatic carbocycles. The minimum Gasteiger partial charge on any atom is -0.465 e. The highest BCUT2D eigenvalue weighted by atomic mass is 16.6. The van der Waals surface area contributed by atoms with Gasteiger partial charge in [0.15, 0.2) is 0 Å². The number of non-ortho nitro benzene ring substituents is 3. The number of nitro benzene ring substituents is 3. The fraction of sp³-hybridized carbons (Fsp3) is 0.100. The van der Waals surface area contributed by atoms with Gasteiger partial charge in [0.05, 0.1) is 52.8 Å². The van der Waals surface area contributed by atoms with Crippen LogP contribution in [0.3, 0.4) is 0 Å². The Morgan fingerprint density at radius 2 is 0.689 bits per heavy atom. The summed E-state index contributed by atoms with van der Waals surface area (Å²) in [5, 5.41) is 34.2. The number of nitrogens with zero attached hydrogens (tertiary/aromatic N) is 3. The predicted octanol–water partition coefficient (Wildman–Crippen LogP) is 5.77. The molecule has 0 amide bonds. The number of ether oxygens (including phenoxy) is 3. The number of hydrogen-bond acceptors (Lipinski definition) is 12. The van der Waals surface area contributed by atoms with Gasteiger partial charge >= 0.3 is 17.9 Å². The van der Waals surface area contributed by atoms with Crippen LogP contribution in [0.15, 0.2) is 72.8 Å². The highest BCUT2D eigenvalue weighted by Crippen LogP contribution is 2.47. The molecule has 0 heterocycles. The van der Waals surface area contributed by atoms with Gasteiger partial charge in [0, 0.05) is 53.1 Å². The Kier molecular flexibility index (Phi) is 8.93. The number of rotatable bonds is 9. The van der Waals surface area contributed by atoms with Crippen LogP contribution in [0.1, 0.15) is 31.1 Å². The zero-order valence-electron chi connectivity index (χ0n) is 23.7. The molecule has 4 aromatic carbocycles. The van der Waals surface area contributed by atoms with Crippen LogP contribution in [0.4, 0.5) is 17.1 Å². The van der Waals surface area contributed by atoms with Crippen molar-refractivity contribution in [3.63, 3.8) is 0 Å². The highest BCUT2D eigenvalue weighted by molar-refractivity contribution is 6.20. The van der Waals surface area contributed by atoms with E-state index in [0.29, 0.717) is 0 Å². The molecular weight excluding hydrogens is 594 g/mol. The van der Waals surface area contributed by atoms with Gasteiger partial charge in [0.25, 0.3) is 17.1 Å². The van der Waals surface area contributed by atoms with Crippen LogP contribution in [0.2, 0.25) is 0 Å². The van der Waals surface area contributed by atoms with E-state index < -0.39 is 43.8 Å². The fourth-order valence-corrected chi connectivity index (χ4v) is 4.78. The Balaban J connectivity index is 2.35. The normalized spacial score (nSPS) is 10.5. The molecule has 4 aromatic rings. The number of carbonyl (C=O) groups is 3. The third kappa shape index (κ3) is 5.90. The molecule has 45 heavy (non-hydrogen) atoms. The molecule has 15 nitrogen and oxygen atoms in total. The third-order valence-corrected chi connectivity index (χ3v) is 6.77. The maximum absolute atomic E-state index is 13.7. The first-order valence-corrected chi connectivity index (χ1v) is 12.7. The van der Waals surface area contributed by atoms with Crippen LogP contribution in [0, 0.1) is 30.3 Å². The van der Waals surface area contributed by atoms with E-state index >= 15 is 0 Å². The van der Waals surface area contributed by atoms with Gasteiger partial charge in [-0.25, -0.2) is 14.4 Å². The van der Waals surface area contributed by atoms with Crippen LogP contribution < -0.4 is 0 Å². The average Bonchev–Trinajstić information content (AvgIpc) is 3.05. The molecule has 0 bridgehead atoms. The summed E-state index contributed by atoms with van der Waals surface area (Å²) in [6, 6.07) is 14.5. The van der Waals surface area contributed by atoms with Crippen molar-refractivity contribution in [2.75, 3.05) is 21.3 Å². The van der Waals surface area contributed by atoms with Gasteiger partial charge in [0.2, 0.25) is 0 Å². The van der Waals surface area contributed by atoms with Crippen molar-refractivity contribution in [1.29, 1.82) is 0 Å². The van der Waals surface area contributed by atoms with Crippen molar-refractivity contribution < 1.29 is 43.4 Å². The predicted molar refractivity (Wildman–Crippen MR) is 157 cm³/mol. The second-order valence-corrected chi connectivity index (χ2v) is 9.14. The summed E-state index contributed by atoms with van der Waals surface area (Å²) in [4.78, 5) is 73.0. The lowest BCUT2D eigenvalue weighted by Gasteiger charge is -2.24. The van der Waals surface area contributed by atoms with Gasteiger partial charge in [-0.15, -0.1) is 0 Å². The quantitative estimate of drug-likeness (QED) is 0.0951. The lowest BCUT2D eigenvalue weighted by Crippen LogP contribution is -2.20. The first-order chi connectivity index (χ1) is 21.4. The topological polar surface area (TPSA) is 208 Å². The number of nitro groups is 3. The van der Waals surface area contributed by atoms with Gasteiger partial charge in [-0.05, 0) is 53.1 Å². The third-order valence-electron chi connectivity index (χ3n) is 6.77. The van der Waals surface area contributed by atoms with Crippen LogP contribution in [-0.4, -0.2) is 54.0 Å². The highest BCUT2D eigenvalue weighted by Gasteiger charge is 2.36. The van der Waals surface area contributed by atoms with Gasteiger partial charge in [-0.2, -0.15) is 0 Å². The van der Waals surface area contributed by atoms with Gasteiger partial charge < -0.3 is 14.2 Å². The van der Waals surface area contributed by atoms with Crippen molar-refractivity contribution in [3.8, 4) is 33.4 Å². The lowest BCUT2D eigenvalue weighted by molar-refractivity contribution is -0.385. The molecule has 0 aromatic heterocycles. The van der Waals surface area contributed by atoms with Crippen molar-refractivity contribution in [1.82, 2.24) is 0 Å². The summed E-state index contributed by atoms with van der Waals surface area (Å²) >= 11 is 0. The standard InChI is InChI=1S/C30H21N3O12/c1-43-28(34)25-22(16-4-10-19(11-5-16)31(37)38)23(17-6-12-20(13-7-17)32(39)40)26(29(35)44-2)27(30(36)45-3)24(25)18-8-14-21(15-9-18)33(41)42/h4-15H,1-3H3. The summed E-state index contributed by atoms with van der Waals surface area (Å²) < 4.78 is 15.2. The SMILES string of the molecule is COC(=O)c1c(C(=O)OC)c(-c2ccc([N+](=O)[O-])cc2)c(-c2ccc([N+](=O)[O-])cc2)c(C(=O)OC)c1-c1ccc([N+](=O)[O-])cc1. The summed E-state index contributed by atoms with van der Waals surface area (Å²) in [6.07, 6.45) is 0. The molecule has 0 unspecified atom stereocenters. The molecule has 0 saturated carbocycles. The number of methoxy groups -OCH3 is 3. The van der Waals surface area contributed by atoms with E-state index in [1.807, 2.05) is 0 Å². The average molecular weight is 616 g/mol. The minimum absolute atomic E-state index is 0.0602. The molecule has 0 atom stereocenters. The largest absolute Gasteiger partial charge is 0.465 e. The van der Waals surface area contributed by atoms with Crippen LogP contribution in [0.5, 0.6) is 0 Å². The van der Waals surface area contributed by atoms with E-state index in [-0.39, 0.29) is 56.0 Å². The summed E-state index contributed by atoms with van der Waals surface area (Å²) in [6.45, 7) is 0. The number of hydrogen-bond donors (Lipinski definition) is 0. The van der Waals surface area contributed by atoms with E-state index in [1.165, 1.54) is 36.4 Å². The first kappa shape index (κ1) is 31.4. The van der Waals surface area contributed by atoms with Gasteiger partial charge in [-0.3, -0.25) is 30.3 Å².